The maximum Gasteiger partial charge on any atom is 0.238 e. The normalized spacial score (nSPS) is 17.5. The van der Waals surface area contributed by atoms with Crippen LogP contribution in [0.25, 0.3) is 0 Å². The minimum atomic E-state index is 0.0192. The van der Waals surface area contributed by atoms with Gasteiger partial charge in [0.25, 0.3) is 0 Å². The number of carbonyl (C=O) groups excluding carboxylic acids is 1. The second kappa shape index (κ2) is 8.24. The second-order valence-electron chi connectivity index (χ2n) is 5.80. The van der Waals surface area contributed by atoms with E-state index in [-0.39, 0.29) is 12.0 Å². The topological polar surface area (TPSA) is 41.6 Å². The number of amides is 1. The highest BCUT2D eigenvalue weighted by Gasteiger charge is 2.21. The number of anilines is 1. The monoisotopic (exact) mass is 330 g/mol. The van der Waals surface area contributed by atoms with Crippen molar-refractivity contribution in [3.05, 3.63) is 52.7 Å². The van der Waals surface area contributed by atoms with E-state index in [1.54, 1.807) is 11.3 Å². The molecule has 1 amide bonds. The highest BCUT2D eigenvalue weighted by atomic mass is 32.1. The number of nitrogens with zero attached hydrogens (tertiary/aromatic N) is 1. The van der Waals surface area contributed by atoms with Gasteiger partial charge in [-0.2, -0.15) is 0 Å². The van der Waals surface area contributed by atoms with Gasteiger partial charge in [-0.1, -0.05) is 24.3 Å². The Morgan fingerprint density at radius 2 is 2.13 bits per heavy atom. The number of para-hydroxylation sites is 1. The van der Waals surface area contributed by atoms with Crippen molar-refractivity contribution in [2.24, 2.45) is 0 Å². The molecule has 0 spiro atoms. The van der Waals surface area contributed by atoms with Gasteiger partial charge in [0.1, 0.15) is 0 Å². The number of thiophene rings is 1. The van der Waals surface area contributed by atoms with E-state index in [0.29, 0.717) is 6.54 Å². The Balaban J connectivity index is 1.58. The lowest BCUT2D eigenvalue weighted by Crippen LogP contribution is -2.37. The zero-order chi connectivity index (χ0) is 15.9. The molecule has 23 heavy (non-hydrogen) atoms. The Kier molecular flexibility index (Phi) is 5.80. The Morgan fingerprint density at radius 3 is 2.83 bits per heavy atom. The number of rotatable bonds is 7. The van der Waals surface area contributed by atoms with Gasteiger partial charge >= 0.3 is 0 Å². The summed E-state index contributed by atoms with van der Waals surface area (Å²) in [6.45, 7) is 2.82. The quantitative estimate of drug-likeness (QED) is 0.846. The third kappa shape index (κ3) is 5.16. The molecule has 0 radical (unpaired) electrons. The number of carbonyl (C=O) groups is 1. The van der Waals surface area contributed by atoms with E-state index in [1.807, 2.05) is 36.4 Å². The molecule has 1 aliphatic rings. The fourth-order valence-electron chi connectivity index (χ4n) is 2.81. The van der Waals surface area contributed by atoms with Crippen molar-refractivity contribution in [3.63, 3.8) is 0 Å². The fourth-order valence-corrected chi connectivity index (χ4v) is 3.56. The summed E-state index contributed by atoms with van der Waals surface area (Å²) in [6.07, 6.45) is 2.45. The van der Waals surface area contributed by atoms with Crippen LogP contribution in [0, 0.1) is 0 Å². The van der Waals surface area contributed by atoms with Gasteiger partial charge in [-0.25, -0.2) is 0 Å². The van der Waals surface area contributed by atoms with Crippen LogP contribution in [0.1, 0.15) is 17.7 Å². The minimum absolute atomic E-state index is 0.0192. The Morgan fingerprint density at radius 1 is 1.26 bits per heavy atom. The van der Waals surface area contributed by atoms with E-state index >= 15 is 0 Å². The van der Waals surface area contributed by atoms with Crippen molar-refractivity contribution >= 4 is 22.9 Å². The molecule has 0 saturated carbocycles. The second-order valence-corrected chi connectivity index (χ2v) is 6.83. The molecule has 2 aromatic rings. The van der Waals surface area contributed by atoms with Gasteiger partial charge in [0.2, 0.25) is 5.91 Å². The summed E-state index contributed by atoms with van der Waals surface area (Å²) in [5.74, 6) is 0.0192. The molecule has 122 valence electrons. The first-order valence-corrected chi connectivity index (χ1v) is 8.89. The molecule has 3 rings (SSSR count). The van der Waals surface area contributed by atoms with E-state index in [1.165, 1.54) is 4.88 Å². The van der Waals surface area contributed by atoms with Crippen molar-refractivity contribution in [3.8, 4) is 0 Å². The van der Waals surface area contributed by atoms with Gasteiger partial charge in [0, 0.05) is 30.3 Å². The van der Waals surface area contributed by atoms with Crippen LogP contribution in [-0.4, -0.2) is 36.6 Å². The van der Waals surface area contributed by atoms with Crippen LogP contribution < -0.4 is 5.32 Å². The number of hydrogen-bond donors (Lipinski definition) is 1. The van der Waals surface area contributed by atoms with E-state index < -0.39 is 0 Å². The zero-order valence-corrected chi connectivity index (χ0v) is 13.9. The number of benzene rings is 1. The SMILES string of the molecule is O=C(CN(Cc1cccs1)C[C@@H]1CCCO1)Nc1ccccc1. The summed E-state index contributed by atoms with van der Waals surface area (Å²) in [6, 6.07) is 13.8. The summed E-state index contributed by atoms with van der Waals surface area (Å²) in [4.78, 5) is 15.8. The van der Waals surface area contributed by atoms with Crippen LogP contribution in [0.3, 0.4) is 0 Å². The Hall–Kier alpha value is -1.69. The standard InChI is InChI=1S/C18H22N2O2S/c21-18(19-15-6-2-1-3-7-15)14-20(12-16-8-4-10-22-16)13-17-9-5-11-23-17/h1-3,5-7,9,11,16H,4,8,10,12-14H2,(H,19,21)/t16-/m0/s1. The summed E-state index contributed by atoms with van der Waals surface area (Å²) >= 11 is 1.73. The van der Waals surface area contributed by atoms with Gasteiger partial charge in [-0.05, 0) is 36.4 Å². The molecule has 1 fully saturated rings. The lowest BCUT2D eigenvalue weighted by atomic mass is 10.2. The summed E-state index contributed by atoms with van der Waals surface area (Å²) in [5, 5.41) is 5.03. The van der Waals surface area contributed by atoms with Gasteiger partial charge in [-0.3, -0.25) is 9.69 Å². The molecule has 0 aliphatic carbocycles. The van der Waals surface area contributed by atoms with Gasteiger partial charge < -0.3 is 10.1 Å². The highest BCUT2D eigenvalue weighted by Crippen LogP contribution is 2.17. The third-order valence-electron chi connectivity index (χ3n) is 3.87. The van der Waals surface area contributed by atoms with E-state index in [0.717, 1.165) is 38.2 Å². The predicted octanol–water partition coefficient (Wildman–Crippen LogP) is 3.37. The predicted molar refractivity (Wildman–Crippen MR) is 93.6 cm³/mol. The molecule has 5 heteroatoms. The first-order valence-electron chi connectivity index (χ1n) is 8.01. The van der Waals surface area contributed by atoms with Crippen molar-refractivity contribution in [1.82, 2.24) is 4.90 Å². The molecule has 1 saturated heterocycles. The molecule has 1 atom stereocenters. The lowest BCUT2D eigenvalue weighted by molar-refractivity contribution is -0.117. The lowest BCUT2D eigenvalue weighted by Gasteiger charge is -2.24. The largest absolute Gasteiger partial charge is 0.377 e. The Bertz CT molecular complexity index is 595. The zero-order valence-electron chi connectivity index (χ0n) is 13.1. The molecule has 1 aromatic carbocycles. The number of ether oxygens (including phenoxy) is 1. The van der Waals surface area contributed by atoms with Crippen LogP contribution in [0.4, 0.5) is 5.69 Å². The van der Waals surface area contributed by atoms with E-state index in [2.05, 4.69) is 21.7 Å². The maximum atomic E-state index is 12.3. The summed E-state index contributed by atoms with van der Waals surface area (Å²) < 4.78 is 5.73. The number of nitrogens with one attached hydrogen (secondary N) is 1. The molecule has 0 bridgehead atoms. The molecular formula is C18H22N2O2S. The fraction of sp³-hybridized carbons (Fsp3) is 0.389. The van der Waals surface area contributed by atoms with Crippen LogP contribution >= 0.6 is 11.3 Å². The minimum Gasteiger partial charge on any atom is -0.377 e. The average molecular weight is 330 g/mol. The molecule has 2 heterocycles. The van der Waals surface area contributed by atoms with E-state index in [4.69, 9.17) is 4.74 Å². The first-order chi connectivity index (χ1) is 11.3. The summed E-state index contributed by atoms with van der Waals surface area (Å²) in [7, 11) is 0. The van der Waals surface area contributed by atoms with Crippen molar-refractivity contribution < 1.29 is 9.53 Å². The third-order valence-corrected chi connectivity index (χ3v) is 4.73. The van der Waals surface area contributed by atoms with Crippen molar-refractivity contribution in [2.75, 3.05) is 25.0 Å². The molecule has 1 N–H and O–H groups in total. The molecule has 4 nitrogen and oxygen atoms in total. The van der Waals surface area contributed by atoms with E-state index in [9.17, 15) is 4.79 Å². The Labute approximate surface area is 141 Å². The summed E-state index contributed by atoms with van der Waals surface area (Å²) in [5.41, 5.74) is 0.839. The van der Waals surface area contributed by atoms with Crippen LogP contribution in [0.5, 0.6) is 0 Å². The molecule has 1 aromatic heterocycles. The smallest absolute Gasteiger partial charge is 0.238 e. The van der Waals surface area contributed by atoms with Crippen molar-refractivity contribution in [2.45, 2.75) is 25.5 Å². The van der Waals surface area contributed by atoms with Crippen LogP contribution in [0.15, 0.2) is 47.8 Å². The average Bonchev–Trinajstić information content (AvgIpc) is 3.22. The van der Waals surface area contributed by atoms with Crippen LogP contribution in [0.2, 0.25) is 0 Å². The first kappa shape index (κ1) is 16.2. The maximum absolute atomic E-state index is 12.3. The van der Waals surface area contributed by atoms with Crippen molar-refractivity contribution in [1.29, 1.82) is 0 Å². The number of hydrogen-bond acceptors (Lipinski definition) is 4. The molecular weight excluding hydrogens is 308 g/mol. The highest BCUT2D eigenvalue weighted by molar-refractivity contribution is 7.09. The molecule has 1 aliphatic heterocycles. The van der Waals surface area contributed by atoms with Gasteiger partial charge in [0.05, 0.1) is 12.6 Å². The van der Waals surface area contributed by atoms with Crippen LogP contribution in [-0.2, 0) is 16.1 Å². The van der Waals surface area contributed by atoms with Gasteiger partial charge in [-0.15, -0.1) is 11.3 Å². The van der Waals surface area contributed by atoms with Gasteiger partial charge in [0.15, 0.2) is 0 Å². The molecule has 0 unspecified atom stereocenters.